The lowest BCUT2D eigenvalue weighted by Gasteiger charge is -2.23. The Bertz CT molecular complexity index is 983. The minimum atomic E-state index is 0.964. The number of rotatable bonds is 9. The summed E-state index contributed by atoms with van der Waals surface area (Å²) >= 11 is 3.62. The number of aromatic nitrogens is 1. The number of hydrogen-bond donors (Lipinski definition) is 1. The summed E-state index contributed by atoms with van der Waals surface area (Å²) in [4.78, 5) is 6.20. The lowest BCUT2D eigenvalue weighted by atomic mass is 10.1. The van der Waals surface area contributed by atoms with E-state index in [0.717, 1.165) is 37.8 Å². The van der Waals surface area contributed by atoms with Gasteiger partial charge in [0.25, 0.3) is 0 Å². The summed E-state index contributed by atoms with van der Waals surface area (Å²) < 4.78 is 0. The molecule has 0 amide bonds. The number of aryl methyl sites for hydroxylation is 1. The quantitative estimate of drug-likeness (QED) is 0.296. The monoisotopic (exact) mass is 446 g/mol. The number of H-pyrrole nitrogens is 1. The van der Waals surface area contributed by atoms with E-state index < -0.39 is 0 Å². The summed E-state index contributed by atoms with van der Waals surface area (Å²) in [6.45, 7) is 2.96. The number of aromatic amines is 1. The molecule has 0 unspecified atom stereocenters. The van der Waals surface area contributed by atoms with Crippen LogP contribution in [0, 0.1) is 0 Å². The number of benzene rings is 3. The molecule has 0 aliphatic rings. The third-order valence-corrected chi connectivity index (χ3v) is 5.82. The van der Waals surface area contributed by atoms with Crippen LogP contribution < -0.4 is 0 Å². The van der Waals surface area contributed by atoms with Crippen molar-refractivity contribution in [2.45, 2.75) is 25.9 Å². The number of hydrogen-bond acceptors (Lipinski definition) is 1. The van der Waals surface area contributed by atoms with Crippen LogP contribution in [0.4, 0.5) is 0 Å². The van der Waals surface area contributed by atoms with Gasteiger partial charge in [-0.15, -0.1) is 0 Å². The normalized spacial score (nSPS) is 11.4. The third kappa shape index (κ3) is 5.17. The van der Waals surface area contributed by atoms with Gasteiger partial charge < -0.3 is 4.98 Å². The predicted molar refractivity (Wildman–Crippen MR) is 126 cm³/mol. The SMILES string of the molecule is BrCCc1[nH]c2ccccc2c1CCN(Cc1ccccc1)Cc1ccccc1. The van der Waals surface area contributed by atoms with Crippen molar-refractivity contribution < 1.29 is 0 Å². The molecule has 2 nitrogen and oxygen atoms in total. The summed E-state index contributed by atoms with van der Waals surface area (Å²) in [6.07, 6.45) is 2.08. The Kier molecular flexibility index (Phi) is 6.81. The fourth-order valence-electron chi connectivity index (χ4n) is 4.02. The Morgan fingerprint density at radius 1 is 0.690 bits per heavy atom. The summed E-state index contributed by atoms with van der Waals surface area (Å²) in [7, 11) is 0. The molecule has 0 saturated heterocycles. The first kappa shape index (κ1) is 19.9. The van der Waals surface area contributed by atoms with Crippen LogP contribution in [0.1, 0.15) is 22.4 Å². The largest absolute Gasteiger partial charge is 0.358 e. The molecular weight excluding hydrogens is 420 g/mol. The van der Waals surface area contributed by atoms with Gasteiger partial charge in [0.05, 0.1) is 0 Å². The number of fused-ring (bicyclic) bond motifs is 1. The standard InChI is InChI=1S/C26H27BrN2/c27-17-15-26-24(23-13-7-8-14-25(23)28-26)16-18-29(19-21-9-3-1-4-10-21)20-22-11-5-2-6-12-22/h1-14,28H,15-20H2. The van der Waals surface area contributed by atoms with E-state index in [9.17, 15) is 0 Å². The van der Waals surface area contributed by atoms with Gasteiger partial charge in [0.1, 0.15) is 0 Å². The van der Waals surface area contributed by atoms with Crippen molar-refractivity contribution in [2.24, 2.45) is 0 Å². The van der Waals surface area contributed by atoms with E-state index >= 15 is 0 Å². The van der Waals surface area contributed by atoms with Gasteiger partial charge in [0.2, 0.25) is 0 Å². The van der Waals surface area contributed by atoms with Crippen LogP contribution in [0.3, 0.4) is 0 Å². The molecule has 0 bridgehead atoms. The minimum absolute atomic E-state index is 0.964. The molecule has 29 heavy (non-hydrogen) atoms. The second-order valence-corrected chi connectivity index (χ2v) is 8.29. The Morgan fingerprint density at radius 3 is 1.90 bits per heavy atom. The van der Waals surface area contributed by atoms with E-state index in [0.29, 0.717) is 0 Å². The molecule has 1 N–H and O–H groups in total. The van der Waals surface area contributed by atoms with Crippen molar-refractivity contribution in [3.8, 4) is 0 Å². The molecule has 4 aromatic rings. The highest BCUT2D eigenvalue weighted by Gasteiger charge is 2.14. The number of nitrogens with one attached hydrogen (secondary N) is 1. The van der Waals surface area contributed by atoms with Gasteiger partial charge in [-0.1, -0.05) is 94.8 Å². The summed E-state index contributed by atoms with van der Waals surface area (Å²) in [6, 6.07) is 30.3. The molecule has 4 rings (SSSR count). The molecule has 0 fully saturated rings. The van der Waals surface area contributed by atoms with Crippen molar-refractivity contribution in [1.82, 2.24) is 9.88 Å². The zero-order valence-electron chi connectivity index (χ0n) is 16.7. The first-order valence-electron chi connectivity index (χ1n) is 10.3. The van der Waals surface area contributed by atoms with Crippen LogP contribution >= 0.6 is 15.9 Å². The van der Waals surface area contributed by atoms with Crippen molar-refractivity contribution >= 4 is 26.8 Å². The first-order valence-corrected chi connectivity index (χ1v) is 11.4. The maximum atomic E-state index is 3.64. The van der Waals surface area contributed by atoms with Gasteiger partial charge in [-0.25, -0.2) is 0 Å². The van der Waals surface area contributed by atoms with Crippen LogP contribution in [-0.2, 0) is 25.9 Å². The van der Waals surface area contributed by atoms with Crippen molar-refractivity contribution in [3.63, 3.8) is 0 Å². The van der Waals surface area contributed by atoms with Crippen LogP contribution in [0.15, 0.2) is 84.9 Å². The van der Waals surface area contributed by atoms with Gasteiger partial charge in [-0.2, -0.15) is 0 Å². The molecule has 0 atom stereocenters. The van der Waals surface area contributed by atoms with E-state index in [1.54, 1.807) is 0 Å². The van der Waals surface area contributed by atoms with Crippen LogP contribution in [0.25, 0.3) is 10.9 Å². The summed E-state index contributed by atoms with van der Waals surface area (Å²) in [5.74, 6) is 0. The molecule has 1 aromatic heterocycles. The topological polar surface area (TPSA) is 19.0 Å². The van der Waals surface area contributed by atoms with Gasteiger partial charge in [0, 0.05) is 41.6 Å². The Hall–Kier alpha value is -2.36. The predicted octanol–water partition coefficient (Wildman–Crippen LogP) is 6.35. The number of para-hydroxylation sites is 1. The number of nitrogens with zero attached hydrogens (tertiary/aromatic N) is 1. The second kappa shape index (κ2) is 9.91. The lowest BCUT2D eigenvalue weighted by molar-refractivity contribution is 0.260. The highest BCUT2D eigenvalue weighted by Crippen LogP contribution is 2.24. The van der Waals surface area contributed by atoms with Gasteiger partial charge in [-0.05, 0) is 35.6 Å². The maximum Gasteiger partial charge on any atom is 0.0458 e. The molecule has 0 saturated carbocycles. The minimum Gasteiger partial charge on any atom is -0.358 e. The molecule has 0 spiro atoms. The lowest BCUT2D eigenvalue weighted by Crippen LogP contribution is -2.25. The highest BCUT2D eigenvalue weighted by molar-refractivity contribution is 9.09. The zero-order valence-corrected chi connectivity index (χ0v) is 18.2. The Balaban J connectivity index is 1.56. The fraction of sp³-hybridized carbons (Fsp3) is 0.231. The van der Waals surface area contributed by atoms with E-state index in [-0.39, 0.29) is 0 Å². The van der Waals surface area contributed by atoms with E-state index in [1.807, 2.05) is 0 Å². The first-order chi connectivity index (χ1) is 14.3. The molecule has 3 aromatic carbocycles. The van der Waals surface area contributed by atoms with Crippen molar-refractivity contribution in [1.29, 1.82) is 0 Å². The van der Waals surface area contributed by atoms with Gasteiger partial charge in [-0.3, -0.25) is 4.90 Å². The third-order valence-electron chi connectivity index (χ3n) is 5.42. The molecule has 0 radical (unpaired) electrons. The van der Waals surface area contributed by atoms with Crippen LogP contribution in [-0.4, -0.2) is 21.8 Å². The number of alkyl halides is 1. The van der Waals surface area contributed by atoms with Gasteiger partial charge >= 0.3 is 0 Å². The van der Waals surface area contributed by atoms with E-state index in [1.165, 1.54) is 33.3 Å². The van der Waals surface area contributed by atoms with Gasteiger partial charge in [0.15, 0.2) is 0 Å². The fourth-order valence-corrected chi connectivity index (χ4v) is 4.41. The average Bonchev–Trinajstić information content (AvgIpc) is 3.11. The van der Waals surface area contributed by atoms with E-state index in [4.69, 9.17) is 0 Å². The summed E-state index contributed by atoms with van der Waals surface area (Å²) in [5, 5.41) is 2.34. The Morgan fingerprint density at radius 2 is 1.28 bits per heavy atom. The van der Waals surface area contributed by atoms with Crippen molar-refractivity contribution in [2.75, 3.05) is 11.9 Å². The molecule has 148 valence electrons. The number of halogens is 1. The molecule has 1 heterocycles. The molecular formula is C26H27BrN2. The zero-order chi connectivity index (χ0) is 19.9. The average molecular weight is 447 g/mol. The smallest absolute Gasteiger partial charge is 0.0458 e. The van der Waals surface area contributed by atoms with Crippen molar-refractivity contribution in [3.05, 3.63) is 107 Å². The maximum absolute atomic E-state index is 3.64. The molecule has 3 heteroatoms. The summed E-state index contributed by atoms with van der Waals surface area (Å²) in [5.41, 5.74) is 6.80. The molecule has 0 aliphatic heterocycles. The van der Waals surface area contributed by atoms with E-state index in [2.05, 4.69) is 111 Å². The highest BCUT2D eigenvalue weighted by atomic mass is 79.9. The van der Waals surface area contributed by atoms with Crippen LogP contribution in [0.5, 0.6) is 0 Å². The Labute approximate surface area is 181 Å². The molecule has 0 aliphatic carbocycles. The second-order valence-electron chi connectivity index (χ2n) is 7.50. The van der Waals surface area contributed by atoms with Crippen LogP contribution in [0.2, 0.25) is 0 Å².